The van der Waals surface area contributed by atoms with Crippen LogP contribution in [0.15, 0.2) is 61.2 Å². The minimum absolute atomic E-state index is 1.02. The molecule has 2 rings (SSSR count). The van der Waals surface area contributed by atoms with Gasteiger partial charge in [-0.3, -0.25) is 0 Å². The third-order valence-electron chi connectivity index (χ3n) is 3.66. The van der Waals surface area contributed by atoms with E-state index >= 15 is 0 Å². The zero-order valence-corrected chi connectivity index (χ0v) is 13.2. The Bertz CT molecular complexity index is 572. The van der Waals surface area contributed by atoms with Crippen molar-refractivity contribution in [3.8, 4) is 0 Å². The highest BCUT2D eigenvalue weighted by Gasteiger charge is 2.31. The molecule has 0 atom stereocenters. The number of benzene rings is 2. The Morgan fingerprint density at radius 1 is 0.850 bits per heavy atom. The molecule has 0 fully saturated rings. The average molecular weight is 284 g/mol. The predicted octanol–water partition coefficient (Wildman–Crippen LogP) is 3.32. The Morgan fingerprint density at radius 3 is 1.85 bits per heavy atom. The van der Waals surface area contributed by atoms with Gasteiger partial charge in [0.25, 0.3) is 0 Å². The van der Waals surface area contributed by atoms with Gasteiger partial charge in [-0.2, -0.15) is 0 Å². The lowest BCUT2D eigenvalue weighted by Crippen LogP contribution is -2.49. The first kappa shape index (κ1) is 14.7. The lowest BCUT2D eigenvalue weighted by Gasteiger charge is -2.23. The van der Waals surface area contributed by atoms with Crippen molar-refractivity contribution in [2.45, 2.75) is 6.55 Å². The second-order valence-corrected chi connectivity index (χ2v) is 8.06. The largest absolute Gasteiger partial charge is 0.394 e. The summed E-state index contributed by atoms with van der Waals surface area (Å²) in [4.78, 5) is 0. The predicted molar refractivity (Wildman–Crippen MR) is 86.3 cm³/mol. The van der Waals surface area contributed by atoms with E-state index in [2.05, 4.69) is 43.0 Å². The average Bonchev–Trinajstić information content (AvgIpc) is 2.54. The molecule has 0 aliphatic rings. The normalized spacial score (nSPS) is 11.3. The molecule has 0 heterocycles. The van der Waals surface area contributed by atoms with Gasteiger partial charge in [0.05, 0.1) is 0 Å². The minimum Gasteiger partial charge on any atom is -0.394 e. The van der Waals surface area contributed by atoms with Crippen LogP contribution in [0, 0.1) is 0 Å². The smallest absolute Gasteiger partial charge is 0.368 e. The van der Waals surface area contributed by atoms with E-state index in [9.17, 15) is 0 Å². The van der Waals surface area contributed by atoms with Gasteiger partial charge < -0.3 is 8.85 Å². The molecule has 104 valence electrons. The zero-order chi connectivity index (χ0) is 14.6. The van der Waals surface area contributed by atoms with E-state index in [0.29, 0.717) is 0 Å². The molecule has 0 aromatic heterocycles. The maximum atomic E-state index is 5.55. The van der Waals surface area contributed by atoms with Crippen molar-refractivity contribution in [1.82, 2.24) is 0 Å². The summed E-state index contributed by atoms with van der Waals surface area (Å²) in [6, 6.07) is 18.5. The fourth-order valence-electron chi connectivity index (χ4n) is 2.10. The van der Waals surface area contributed by atoms with E-state index in [1.54, 1.807) is 14.2 Å². The molecule has 0 spiro atoms. The molecule has 2 aromatic rings. The monoisotopic (exact) mass is 284 g/mol. The maximum absolute atomic E-state index is 5.55. The molecule has 3 heteroatoms. The van der Waals surface area contributed by atoms with Gasteiger partial charge in [0.1, 0.15) is 0 Å². The summed E-state index contributed by atoms with van der Waals surface area (Å²) < 4.78 is 11.1. The molecule has 0 aliphatic heterocycles. The summed E-state index contributed by atoms with van der Waals surface area (Å²) in [5.74, 6) is 0. The topological polar surface area (TPSA) is 18.5 Å². The quantitative estimate of drug-likeness (QED) is 0.784. The van der Waals surface area contributed by atoms with Crippen molar-refractivity contribution in [2.75, 3.05) is 14.2 Å². The van der Waals surface area contributed by atoms with Crippen LogP contribution in [0.3, 0.4) is 0 Å². The molecule has 0 unspecified atom stereocenters. The summed E-state index contributed by atoms with van der Waals surface area (Å²) in [6.07, 6.45) is 0. The van der Waals surface area contributed by atoms with Crippen molar-refractivity contribution in [1.29, 1.82) is 0 Å². The molecule has 0 saturated carbocycles. The van der Waals surface area contributed by atoms with Gasteiger partial charge >= 0.3 is 8.56 Å². The van der Waals surface area contributed by atoms with Crippen molar-refractivity contribution in [2.24, 2.45) is 0 Å². The van der Waals surface area contributed by atoms with Crippen LogP contribution in [0.5, 0.6) is 0 Å². The summed E-state index contributed by atoms with van der Waals surface area (Å²) >= 11 is 0. The second-order valence-electron chi connectivity index (χ2n) is 4.78. The Labute approximate surface area is 121 Å². The molecule has 20 heavy (non-hydrogen) atoms. The van der Waals surface area contributed by atoms with E-state index in [1.807, 2.05) is 24.7 Å². The Hall–Kier alpha value is -1.68. The van der Waals surface area contributed by atoms with E-state index in [1.165, 1.54) is 0 Å². The summed E-state index contributed by atoms with van der Waals surface area (Å²) in [6.45, 7) is 6.21. The minimum atomic E-state index is -2.24. The first-order valence-corrected chi connectivity index (χ1v) is 8.88. The molecule has 0 saturated heterocycles. The van der Waals surface area contributed by atoms with Gasteiger partial charge in [-0.15, -0.1) is 0 Å². The number of rotatable bonds is 5. The maximum Gasteiger partial charge on any atom is 0.368 e. The van der Waals surface area contributed by atoms with Crippen molar-refractivity contribution >= 4 is 19.3 Å². The second kappa shape index (κ2) is 6.18. The molecule has 0 radical (unpaired) electrons. The molecule has 0 amide bonds. The fourth-order valence-corrected chi connectivity index (χ4v) is 3.51. The molecular formula is C17H20O2Si. The Balaban J connectivity index is 2.27. The molecule has 0 aliphatic carbocycles. The fraction of sp³-hybridized carbons (Fsp3) is 0.176. The SMILES string of the molecule is C=C(c1ccccc1)c1ccc([Si](C)(OC)OC)cc1. The molecular weight excluding hydrogens is 264 g/mol. The van der Waals surface area contributed by atoms with Gasteiger partial charge in [0, 0.05) is 14.2 Å². The van der Waals surface area contributed by atoms with Crippen LogP contribution in [-0.4, -0.2) is 22.8 Å². The van der Waals surface area contributed by atoms with Crippen LogP contribution in [-0.2, 0) is 8.85 Å². The standard InChI is InChI=1S/C17H20O2Si/c1-14(15-8-6-5-7-9-15)16-10-12-17(13-11-16)20(4,18-2)19-3/h5-13H,1H2,2-4H3. The van der Waals surface area contributed by atoms with Crippen LogP contribution < -0.4 is 5.19 Å². The lowest BCUT2D eigenvalue weighted by atomic mass is 10.00. The van der Waals surface area contributed by atoms with E-state index in [4.69, 9.17) is 8.85 Å². The van der Waals surface area contributed by atoms with Gasteiger partial charge in [0.15, 0.2) is 0 Å². The first-order valence-electron chi connectivity index (χ1n) is 6.56. The van der Waals surface area contributed by atoms with Crippen molar-refractivity contribution in [3.63, 3.8) is 0 Å². The van der Waals surface area contributed by atoms with Crippen molar-refractivity contribution < 1.29 is 8.85 Å². The molecule has 2 aromatic carbocycles. The van der Waals surface area contributed by atoms with Crippen LogP contribution in [0.1, 0.15) is 11.1 Å². The van der Waals surface area contributed by atoms with Crippen LogP contribution >= 0.6 is 0 Å². The van der Waals surface area contributed by atoms with E-state index in [-0.39, 0.29) is 0 Å². The third-order valence-corrected chi connectivity index (χ3v) is 6.60. The van der Waals surface area contributed by atoms with Crippen LogP contribution in [0.4, 0.5) is 0 Å². The highest BCUT2D eigenvalue weighted by molar-refractivity contribution is 6.79. The summed E-state index contributed by atoms with van der Waals surface area (Å²) in [7, 11) is 1.16. The number of hydrogen-bond donors (Lipinski definition) is 0. The van der Waals surface area contributed by atoms with Crippen LogP contribution in [0.25, 0.3) is 5.57 Å². The van der Waals surface area contributed by atoms with Gasteiger partial charge in [-0.05, 0) is 28.4 Å². The molecule has 0 bridgehead atoms. The Kier molecular flexibility index (Phi) is 4.55. The van der Waals surface area contributed by atoms with E-state index in [0.717, 1.165) is 21.9 Å². The highest BCUT2D eigenvalue weighted by Crippen LogP contribution is 2.20. The Morgan fingerprint density at radius 2 is 1.35 bits per heavy atom. The van der Waals surface area contributed by atoms with Gasteiger partial charge in [-0.1, -0.05) is 61.2 Å². The molecule has 2 nitrogen and oxygen atoms in total. The van der Waals surface area contributed by atoms with Crippen molar-refractivity contribution in [3.05, 3.63) is 72.3 Å². The summed E-state index contributed by atoms with van der Waals surface area (Å²) in [5, 5.41) is 1.12. The van der Waals surface area contributed by atoms with E-state index < -0.39 is 8.56 Å². The zero-order valence-electron chi connectivity index (χ0n) is 12.2. The third kappa shape index (κ3) is 2.90. The summed E-state index contributed by atoms with van der Waals surface area (Å²) in [5.41, 5.74) is 3.28. The van der Waals surface area contributed by atoms with Gasteiger partial charge in [-0.25, -0.2) is 0 Å². The highest BCUT2D eigenvalue weighted by atomic mass is 28.4. The van der Waals surface area contributed by atoms with Gasteiger partial charge in [0.2, 0.25) is 0 Å². The molecule has 0 N–H and O–H groups in total. The van der Waals surface area contributed by atoms with Crippen LogP contribution in [0.2, 0.25) is 6.55 Å². The lowest BCUT2D eigenvalue weighted by molar-refractivity contribution is 0.265. The first-order chi connectivity index (χ1) is 9.60. The number of hydrogen-bond acceptors (Lipinski definition) is 2.